The van der Waals surface area contributed by atoms with Crippen molar-refractivity contribution in [2.45, 2.75) is 24.9 Å². The molecule has 0 bridgehead atoms. The van der Waals surface area contributed by atoms with E-state index in [2.05, 4.69) is 0 Å². The van der Waals surface area contributed by atoms with E-state index in [9.17, 15) is 13.5 Å². The Balaban J connectivity index is 2.25. The molecule has 5 heteroatoms. The number of anilines is 1. The molecule has 0 saturated carbocycles. The van der Waals surface area contributed by atoms with Crippen LogP contribution in [0.3, 0.4) is 0 Å². The SMILES string of the molecule is CS(=O)(=O)CCC1(O)CCc2cc(N)ccc21. The molecular formula is C12H17NO3S. The number of rotatable bonds is 3. The van der Waals surface area contributed by atoms with Crippen molar-refractivity contribution in [3.8, 4) is 0 Å². The second-order valence-corrected chi connectivity index (χ2v) is 7.09. The van der Waals surface area contributed by atoms with Crippen molar-refractivity contribution >= 4 is 15.5 Å². The van der Waals surface area contributed by atoms with Gasteiger partial charge >= 0.3 is 0 Å². The topological polar surface area (TPSA) is 80.4 Å². The third-order valence-corrected chi connectivity index (χ3v) is 4.27. The molecule has 0 aliphatic heterocycles. The third kappa shape index (κ3) is 2.61. The van der Waals surface area contributed by atoms with E-state index in [1.807, 2.05) is 6.07 Å². The second kappa shape index (κ2) is 3.99. The van der Waals surface area contributed by atoms with Gasteiger partial charge in [-0.25, -0.2) is 8.42 Å². The molecule has 1 aromatic rings. The van der Waals surface area contributed by atoms with Crippen LogP contribution in [0, 0.1) is 0 Å². The summed E-state index contributed by atoms with van der Waals surface area (Å²) in [6.45, 7) is 0. The molecule has 0 saturated heterocycles. The van der Waals surface area contributed by atoms with Crippen LogP contribution in [0.25, 0.3) is 0 Å². The lowest BCUT2D eigenvalue weighted by atomic mass is 9.93. The van der Waals surface area contributed by atoms with Crippen LogP contribution in [0.1, 0.15) is 24.0 Å². The van der Waals surface area contributed by atoms with Gasteiger partial charge in [0.15, 0.2) is 0 Å². The minimum atomic E-state index is -3.05. The van der Waals surface area contributed by atoms with Gasteiger partial charge in [-0.05, 0) is 42.5 Å². The zero-order valence-corrected chi connectivity index (χ0v) is 10.6. The van der Waals surface area contributed by atoms with E-state index < -0.39 is 15.4 Å². The Morgan fingerprint density at radius 2 is 2.18 bits per heavy atom. The van der Waals surface area contributed by atoms with Gasteiger partial charge in [-0.15, -0.1) is 0 Å². The van der Waals surface area contributed by atoms with E-state index in [0.717, 1.165) is 17.5 Å². The number of aryl methyl sites for hydroxylation is 1. The molecule has 4 nitrogen and oxygen atoms in total. The van der Waals surface area contributed by atoms with Gasteiger partial charge in [-0.1, -0.05) is 6.07 Å². The number of hydrogen-bond acceptors (Lipinski definition) is 4. The van der Waals surface area contributed by atoms with Crippen molar-refractivity contribution in [3.05, 3.63) is 29.3 Å². The number of aliphatic hydroxyl groups is 1. The molecule has 1 aromatic carbocycles. The molecule has 1 aliphatic rings. The fraction of sp³-hybridized carbons (Fsp3) is 0.500. The van der Waals surface area contributed by atoms with Crippen molar-refractivity contribution in [1.82, 2.24) is 0 Å². The molecule has 0 fully saturated rings. The molecule has 17 heavy (non-hydrogen) atoms. The van der Waals surface area contributed by atoms with Crippen molar-refractivity contribution in [1.29, 1.82) is 0 Å². The standard InChI is InChI=1S/C12H17NO3S/c1-17(15,16)7-6-12(14)5-4-9-8-10(13)2-3-11(9)12/h2-3,8,14H,4-7,13H2,1H3. The van der Waals surface area contributed by atoms with Gasteiger partial charge in [0, 0.05) is 11.9 Å². The Kier molecular flexibility index (Phi) is 2.91. The zero-order valence-electron chi connectivity index (χ0n) is 9.81. The van der Waals surface area contributed by atoms with Crippen molar-refractivity contribution in [3.63, 3.8) is 0 Å². The highest BCUT2D eigenvalue weighted by molar-refractivity contribution is 7.90. The van der Waals surface area contributed by atoms with Gasteiger partial charge in [0.05, 0.1) is 11.4 Å². The number of nitrogens with two attached hydrogens (primary N) is 1. The fourth-order valence-electron chi connectivity index (χ4n) is 2.36. The normalized spacial score (nSPS) is 23.6. The maximum atomic E-state index is 11.2. The third-order valence-electron chi connectivity index (χ3n) is 3.33. The van der Waals surface area contributed by atoms with E-state index in [0.29, 0.717) is 12.1 Å². The molecule has 0 amide bonds. The second-order valence-electron chi connectivity index (χ2n) is 4.83. The van der Waals surface area contributed by atoms with Gasteiger partial charge < -0.3 is 10.8 Å². The van der Waals surface area contributed by atoms with Gasteiger partial charge in [-0.2, -0.15) is 0 Å². The van der Waals surface area contributed by atoms with Crippen LogP contribution >= 0.6 is 0 Å². The van der Waals surface area contributed by atoms with Crippen LogP contribution in [0.15, 0.2) is 18.2 Å². The van der Waals surface area contributed by atoms with Crippen LogP contribution in [-0.2, 0) is 21.9 Å². The molecule has 0 radical (unpaired) electrons. The lowest BCUT2D eigenvalue weighted by molar-refractivity contribution is 0.0354. The Morgan fingerprint density at radius 1 is 1.47 bits per heavy atom. The molecular weight excluding hydrogens is 238 g/mol. The van der Waals surface area contributed by atoms with Crippen LogP contribution in [0.2, 0.25) is 0 Å². The van der Waals surface area contributed by atoms with Crippen molar-refractivity contribution in [2.75, 3.05) is 17.7 Å². The zero-order chi connectivity index (χ0) is 12.7. The molecule has 3 N–H and O–H groups in total. The first-order valence-electron chi connectivity index (χ1n) is 5.59. The highest BCUT2D eigenvalue weighted by Crippen LogP contribution is 2.40. The number of benzene rings is 1. The maximum absolute atomic E-state index is 11.2. The highest BCUT2D eigenvalue weighted by Gasteiger charge is 2.36. The van der Waals surface area contributed by atoms with Gasteiger partial charge in [0.2, 0.25) is 0 Å². The highest BCUT2D eigenvalue weighted by atomic mass is 32.2. The first-order valence-corrected chi connectivity index (χ1v) is 7.65. The van der Waals surface area contributed by atoms with Crippen molar-refractivity contribution in [2.24, 2.45) is 0 Å². The molecule has 2 rings (SSSR count). The minimum absolute atomic E-state index is 0.00726. The van der Waals surface area contributed by atoms with Gasteiger partial charge in [0.25, 0.3) is 0 Å². The van der Waals surface area contributed by atoms with Gasteiger partial charge in [0.1, 0.15) is 9.84 Å². The summed E-state index contributed by atoms with van der Waals surface area (Å²) in [5.41, 5.74) is 7.21. The molecule has 1 atom stereocenters. The minimum Gasteiger partial charge on any atom is -0.399 e. The monoisotopic (exact) mass is 255 g/mol. The molecule has 0 heterocycles. The summed E-state index contributed by atoms with van der Waals surface area (Å²) in [5.74, 6) is 0.00726. The number of hydrogen-bond donors (Lipinski definition) is 2. The Bertz CT molecular complexity index is 539. The largest absolute Gasteiger partial charge is 0.399 e. The summed E-state index contributed by atoms with van der Waals surface area (Å²) in [6, 6.07) is 5.41. The molecule has 0 spiro atoms. The van der Waals surface area contributed by atoms with Crippen LogP contribution < -0.4 is 5.73 Å². The van der Waals surface area contributed by atoms with E-state index in [4.69, 9.17) is 5.73 Å². The lowest BCUT2D eigenvalue weighted by Crippen LogP contribution is -2.25. The first kappa shape index (κ1) is 12.4. The van der Waals surface area contributed by atoms with E-state index in [1.165, 1.54) is 6.26 Å². The predicted molar refractivity (Wildman–Crippen MR) is 67.4 cm³/mol. The van der Waals surface area contributed by atoms with Crippen LogP contribution in [-0.4, -0.2) is 25.5 Å². The Morgan fingerprint density at radius 3 is 2.82 bits per heavy atom. The number of fused-ring (bicyclic) bond motifs is 1. The first-order chi connectivity index (χ1) is 7.80. The van der Waals surface area contributed by atoms with E-state index in [1.54, 1.807) is 12.1 Å². The molecule has 0 aromatic heterocycles. The number of nitrogen functional groups attached to an aromatic ring is 1. The Labute approximate surface area is 101 Å². The maximum Gasteiger partial charge on any atom is 0.147 e. The molecule has 1 unspecified atom stereocenters. The summed E-state index contributed by atoms with van der Waals surface area (Å²) in [4.78, 5) is 0. The smallest absolute Gasteiger partial charge is 0.147 e. The molecule has 94 valence electrons. The quantitative estimate of drug-likeness (QED) is 0.784. The predicted octanol–water partition coefficient (Wildman–Crippen LogP) is 0.837. The van der Waals surface area contributed by atoms with E-state index in [-0.39, 0.29) is 12.2 Å². The average molecular weight is 255 g/mol. The van der Waals surface area contributed by atoms with Crippen molar-refractivity contribution < 1.29 is 13.5 Å². The van der Waals surface area contributed by atoms with Crippen LogP contribution in [0.5, 0.6) is 0 Å². The molecule has 1 aliphatic carbocycles. The van der Waals surface area contributed by atoms with E-state index >= 15 is 0 Å². The summed E-state index contributed by atoms with van der Waals surface area (Å²) < 4.78 is 22.3. The summed E-state index contributed by atoms with van der Waals surface area (Å²) in [6.07, 6.45) is 2.76. The average Bonchev–Trinajstić information content (AvgIpc) is 2.53. The lowest BCUT2D eigenvalue weighted by Gasteiger charge is -2.23. The van der Waals surface area contributed by atoms with Crippen LogP contribution in [0.4, 0.5) is 5.69 Å². The van der Waals surface area contributed by atoms with Gasteiger partial charge in [-0.3, -0.25) is 0 Å². The summed E-state index contributed by atoms with van der Waals surface area (Å²) in [7, 11) is -3.05. The summed E-state index contributed by atoms with van der Waals surface area (Å²) in [5, 5.41) is 10.5. The Hall–Kier alpha value is -1.07. The number of sulfone groups is 1. The fourth-order valence-corrected chi connectivity index (χ4v) is 3.07. The summed E-state index contributed by atoms with van der Waals surface area (Å²) >= 11 is 0.